The average Bonchev–Trinajstić information content (AvgIpc) is 3.18. The number of carbonyl (C=O) groups is 3. The molecule has 1 fully saturated rings. The molecule has 1 saturated heterocycles. The first kappa shape index (κ1) is 24.7. The Balaban J connectivity index is 1.27. The maximum Gasteiger partial charge on any atom is 0.407 e. The fourth-order valence-corrected chi connectivity index (χ4v) is 5.16. The second-order valence-electron chi connectivity index (χ2n) is 9.26. The Morgan fingerprint density at radius 3 is 2.29 bits per heavy atom. The maximum atomic E-state index is 12.8. The van der Waals surface area contributed by atoms with E-state index >= 15 is 0 Å². The van der Waals surface area contributed by atoms with E-state index in [2.05, 4.69) is 29.6 Å². The minimum atomic E-state index is -0.814. The number of alkyl carbamates (subject to hydrolysis) is 1. The summed E-state index contributed by atoms with van der Waals surface area (Å²) in [4.78, 5) is 38.2. The highest BCUT2D eigenvalue weighted by Gasteiger charge is 2.33. The molecule has 1 aliphatic heterocycles. The predicted molar refractivity (Wildman–Crippen MR) is 130 cm³/mol. The van der Waals surface area contributed by atoms with E-state index in [0.717, 1.165) is 22.3 Å². The molecule has 186 valence electrons. The summed E-state index contributed by atoms with van der Waals surface area (Å²) in [5.41, 5.74) is 4.61. The molecule has 0 bridgehead atoms. The minimum Gasteiger partial charge on any atom is -0.481 e. The standard InChI is InChI=1S/C27H32N2O6/c1-17-13-18(26(31)32)11-12-29(17)25(30)14-19(34-2)15-28-27(33)35-16-24-22-9-5-3-7-20(22)21-8-4-6-10-23(21)24/h3-10,17-19,24H,11-16H2,1-2H3,(H,28,33)(H,31,32)/t17-,18-,19?/m1/s1. The lowest BCUT2D eigenvalue weighted by atomic mass is 9.91. The van der Waals surface area contributed by atoms with E-state index in [1.54, 1.807) is 4.90 Å². The Labute approximate surface area is 205 Å². The van der Waals surface area contributed by atoms with Crippen LogP contribution in [0.4, 0.5) is 4.79 Å². The van der Waals surface area contributed by atoms with Crippen LogP contribution in [-0.4, -0.2) is 66.9 Å². The van der Waals surface area contributed by atoms with Gasteiger partial charge in [-0.05, 0) is 42.0 Å². The molecule has 1 heterocycles. The molecule has 2 aromatic carbocycles. The highest BCUT2D eigenvalue weighted by atomic mass is 16.5. The van der Waals surface area contributed by atoms with Gasteiger partial charge in [0.15, 0.2) is 0 Å². The number of carboxylic acids is 1. The van der Waals surface area contributed by atoms with Crippen molar-refractivity contribution < 1.29 is 29.0 Å². The topological polar surface area (TPSA) is 105 Å². The van der Waals surface area contributed by atoms with Gasteiger partial charge in [-0.2, -0.15) is 0 Å². The first-order chi connectivity index (χ1) is 16.9. The van der Waals surface area contributed by atoms with E-state index in [1.807, 2.05) is 31.2 Å². The number of nitrogens with zero attached hydrogens (tertiary/aromatic N) is 1. The van der Waals surface area contributed by atoms with Gasteiger partial charge in [-0.1, -0.05) is 48.5 Å². The van der Waals surface area contributed by atoms with Crippen LogP contribution in [-0.2, 0) is 19.1 Å². The number of methoxy groups -OCH3 is 1. The number of likely N-dealkylation sites (tertiary alicyclic amines) is 1. The summed E-state index contributed by atoms with van der Waals surface area (Å²) in [6, 6.07) is 16.1. The third kappa shape index (κ3) is 5.48. The van der Waals surface area contributed by atoms with E-state index in [0.29, 0.717) is 19.4 Å². The van der Waals surface area contributed by atoms with Gasteiger partial charge in [-0.15, -0.1) is 0 Å². The number of rotatable bonds is 8. The molecule has 2 N–H and O–H groups in total. The predicted octanol–water partition coefficient (Wildman–Crippen LogP) is 3.64. The number of carbonyl (C=O) groups excluding carboxylic acids is 2. The number of piperidine rings is 1. The summed E-state index contributed by atoms with van der Waals surface area (Å²) in [6.45, 7) is 2.63. The molecule has 8 heteroatoms. The molecule has 0 radical (unpaired) electrons. The van der Waals surface area contributed by atoms with Crippen molar-refractivity contribution in [1.82, 2.24) is 10.2 Å². The number of amides is 2. The molecule has 1 aliphatic carbocycles. The third-order valence-electron chi connectivity index (χ3n) is 7.10. The van der Waals surface area contributed by atoms with Crippen molar-refractivity contribution >= 4 is 18.0 Å². The third-order valence-corrected chi connectivity index (χ3v) is 7.10. The van der Waals surface area contributed by atoms with Gasteiger partial charge in [0.25, 0.3) is 0 Å². The summed E-state index contributed by atoms with van der Waals surface area (Å²) in [6.07, 6.45) is -0.0793. The van der Waals surface area contributed by atoms with E-state index in [-0.39, 0.29) is 37.4 Å². The van der Waals surface area contributed by atoms with Crippen molar-refractivity contribution in [2.75, 3.05) is 26.8 Å². The van der Waals surface area contributed by atoms with Gasteiger partial charge >= 0.3 is 12.1 Å². The molecule has 2 aliphatic rings. The Hall–Kier alpha value is -3.39. The van der Waals surface area contributed by atoms with E-state index in [4.69, 9.17) is 9.47 Å². The van der Waals surface area contributed by atoms with Gasteiger partial charge in [0.2, 0.25) is 5.91 Å². The highest BCUT2D eigenvalue weighted by molar-refractivity contribution is 5.79. The van der Waals surface area contributed by atoms with Crippen LogP contribution in [0, 0.1) is 5.92 Å². The lowest BCUT2D eigenvalue weighted by Crippen LogP contribution is -2.47. The van der Waals surface area contributed by atoms with Crippen LogP contribution in [0.15, 0.2) is 48.5 Å². The number of nitrogens with one attached hydrogen (secondary N) is 1. The highest BCUT2D eigenvalue weighted by Crippen LogP contribution is 2.44. The summed E-state index contributed by atoms with van der Waals surface area (Å²) in [5.74, 6) is -1.36. The van der Waals surface area contributed by atoms with Crippen LogP contribution in [0.5, 0.6) is 0 Å². The zero-order chi connectivity index (χ0) is 24.9. The largest absolute Gasteiger partial charge is 0.481 e. The molecule has 4 rings (SSSR count). The monoisotopic (exact) mass is 480 g/mol. The number of hydrogen-bond acceptors (Lipinski definition) is 5. The van der Waals surface area contributed by atoms with E-state index in [9.17, 15) is 19.5 Å². The average molecular weight is 481 g/mol. The second-order valence-corrected chi connectivity index (χ2v) is 9.26. The molecule has 8 nitrogen and oxygen atoms in total. The first-order valence-corrected chi connectivity index (χ1v) is 12.0. The summed E-state index contributed by atoms with van der Waals surface area (Å²) >= 11 is 0. The van der Waals surface area contributed by atoms with Crippen molar-refractivity contribution in [3.05, 3.63) is 59.7 Å². The number of hydrogen-bond donors (Lipinski definition) is 2. The van der Waals surface area contributed by atoms with Crippen molar-refractivity contribution in [1.29, 1.82) is 0 Å². The summed E-state index contributed by atoms with van der Waals surface area (Å²) in [7, 11) is 1.50. The van der Waals surface area contributed by atoms with Crippen molar-refractivity contribution in [2.24, 2.45) is 5.92 Å². The fourth-order valence-electron chi connectivity index (χ4n) is 5.16. The Morgan fingerprint density at radius 2 is 1.71 bits per heavy atom. The molecule has 3 atom stereocenters. The van der Waals surface area contributed by atoms with Gasteiger partial charge in [0.1, 0.15) is 6.61 Å². The molecule has 0 spiro atoms. The van der Waals surface area contributed by atoms with Gasteiger partial charge in [0, 0.05) is 32.2 Å². The van der Waals surface area contributed by atoms with Gasteiger partial charge < -0.3 is 24.8 Å². The van der Waals surface area contributed by atoms with Crippen LogP contribution >= 0.6 is 0 Å². The smallest absolute Gasteiger partial charge is 0.407 e. The van der Waals surface area contributed by atoms with Gasteiger partial charge in [-0.25, -0.2) is 4.79 Å². The minimum absolute atomic E-state index is 0.0248. The molecule has 0 saturated carbocycles. The Kier molecular flexibility index (Phi) is 7.70. The lowest BCUT2D eigenvalue weighted by Gasteiger charge is -2.37. The zero-order valence-electron chi connectivity index (χ0n) is 20.1. The van der Waals surface area contributed by atoms with Gasteiger partial charge in [-0.3, -0.25) is 9.59 Å². The molecule has 0 aromatic heterocycles. The van der Waals surface area contributed by atoms with Crippen molar-refractivity contribution in [2.45, 2.75) is 44.2 Å². The normalized spacial score (nSPS) is 20.0. The molecular formula is C27H32N2O6. The van der Waals surface area contributed by atoms with Crippen molar-refractivity contribution in [3.63, 3.8) is 0 Å². The van der Waals surface area contributed by atoms with Crippen LogP contribution < -0.4 is 5.32 Å². The molecule has 35 heavy (non-hydrogen) atoms. The number of carboxylic acid groups (broad SMARTS) is 1. The van der Waals surface area contributed by atoms with Crippen molar-refractivity contribution in [3.8, 4) is 11.1 Å². The van der Waals surface area contributed by atoms with Crippen LogP contribution in [0.2, 0.25) is 0 Å². The quantitative estimate of drug-likeness (QED) is 0.598. The second kappa shape index (κ2) is 10.9. The number of fused-ring (bicyclic) bond motifs is 3. The SMILES string of the molecule is COC(CNC(=O)OCC1c2ccccc2-c2ccccc21)CC(=O)N1CC[C@@H](C(=O)O)C[C@H]1C. The van der Waals surface area contributed by atoms with Crippen LogP contribution in [0.3, 0.4) is 0 Å². The fraction of sp³-hybridized carbons (Fsp3) is 0.444. The Morgan fingerprint density at radius 1 is 1.09 bits per heavy atom. The molecule has 2 amide bonds. The summed E-state index contributed by atoms with van der Waals surface area (Å²) in [5, 5.41) is 11.9. The molecular weight excluding hydrogens is 448 g/mol. The summed E-state index contributed by atoms with van der Waals surface area (Å²) < 4.78 is 11.0. The number of benzene rings is 2. The molecule has 1 unspecified atom stereocenters. The van der Waals surface area contributed by atoms with Gasteiger partial charge in [0.05, 0.1) is 18.4 Å². The lowest BCUT2D eigenvalue weighted by molar-refractivity contribution is -0.148. The Bertz CT molecular complexity index is 1040. The van der Waals surface area contributed by atoms with Crippen LogP contribution in [0.25, 0.3) is 11.1 Å². The maximum absolute atomic E-state index is 12.8. The van der Waals surface area contributed by atoms with E-state index in [1.165, 1.54) is 7.11 Å². The van der Waals surface area contributed by atoms with Crippen LogP contribution in [0.1, 0.15) is 43.2 Å². The first-order valence-electron chi connectivity index (χ1n) is 12.0. The van der Waals surface area contributed by atoms with E-state index < -0.39 is 24.1 Å². The number of ether oxygens (including phenoxy) is 2. The number of aliphatic carboxylic acids is 1. The zero-order valence-corrected chi connectivity index (χ0v) is 20.1. The molecule has 2 aromatic rings.